The summed E-state index contributed by atoms with van der Waals surface area (Å²) in [5.74, 6) is 0.954. The number of rotatable bonds is 2. The van der Waals surface area contributed by atoms with E-state index in [0.29, 0.717) is 0 Å². The van der Waals surface area contributed by atoms with Crippen molar-refractivity contribution in [3.8, 4) is 0 Å². The van der Waals surface area contributed by atoms with Crippen molar-refractivity contribution >= 4 is 17.1 Å². The van der Waals surface area contributed by atoms with Gasteiger partial charge in [0.15, 0.2) is 0 Å². The molecule has 106 valence electrons. The highest BCUT2D eigenvalue weighted by atomic mass is 16.4. The van der Waals surface area contributed by atoms with Crippen molar-refractivity contribution in [2.24, 2.45) is 0 Å². The van der Waals surface area contributed by atoms with Gasteiger partial charge in [0.05, 0.1) is 23.1 Å². The van der Waals surface area contributed by atoms with Crippen LogP contribution in [-0.4, -0.2) is 26.8 Å². The first kappa shape index (κ1) is 13.0. The highest BCUT2D eigenvalue weighted by molar-refractivity contribution is 5.76. The van der Waals surface area contributed by atoms with Crippen molar-refractivity contribution in [1.29, 1.82) is 0 Å². The summed E-state index contributed by atoms with van der Waals surface area (Å²) >= 11 is 0. The summed E-state index contributed by atoms with van der Waals surface area (Å²) in [4.78, 5) is 15.6. The van der Waals surface area contributed by atoms with Gasteiger partial charge in [-0.2, -0.15) is 0 Å². The zero-order valence-electron chi connectivity index (χ0n) is 11.5. The van der Waals surface area contributed by atoms with Crippen LogP contribution in [0.4, 0.5) is 4.79 Å². The van der Waals surface area contributed by atoms with E-state index in [1.54, 1.807) is 0 Å². The van der Waals surface area contributed by atoms with Gasteiger partial charge in [-0.15, -0.1) is 0 Å². The lowest BCUT2D eigenvalue weighted by Gasteiger charge is -2.33. The Hall–Kier alpha value is -2.04. The molecular formula is C15H19N3O2. The van der Waals surface area contributed by atoms with Crippen molar-refractivity contribution in [1.82, 2.24) is 14.9 Å². The number of aromatic nitrogens is 2. The summed E-state index contributed by atoms with van der Waals surface area (Å²) in [6.45, 7) is 1.99. The molecule has 1 amide bonds. The number of hydrogen-bond acceptors (Lipinski definition) is 2. The maximum absolute atomic E-state index is 11.0. The van der Waals surface area contributed by atoms with Crippen molar-refractivity contribution < 1.29 is 9.90 Å². The minimum absolute atomic E-state index is 0.0300. The number of hydrogen-bond donors (Lipinski definition) is 2. The van der Waals surface area contributed by atoms with Crippen LogP contribution in [0.5, 0.6) is 0 Å². The lowest BCUT2D eigenvalue weighted by atomic mass is 9.90. The number of nitrogens with one attached hydrogen (secondary N) is 1. The second-order valence-electron chi connectivity index (χ2n) is 5.43. The molecule has 20 heavy (non-hydrogen) atoms. The topological polar surface area (TPSA) is 67.2 Å². The monoisotopic (exact) mass is 273 g/mol. The molecule has 1 aromatic heterocycles. The Labute approximate surface area is 117 Å². The van der Waals surface area contributed by atoms with Crippen LogP contribution >= 0.6 is 0 Å². The van der Waals surface area contributed by atoms with Gasteiger partial charge in [-0.25, -0.2) is 9.78 Å². The Bertz CT molecular complexity index is 635. The Morgan fingerprint density at radius 1 is 1.35 bits per heavy atom. The lowest BCUT2D eigenvalue weighted by Crippen LogP contribution is -2.42. The molecule has 1 saturated carbocycles. The van der Waals surface area contributed by atoms with Gasteiger partial charge in [-0.05, 0) is 31.9 Å². The van der Waals surface area contributed by atoms with Gasteiger partial charge >= 0.3 is 6.09 Å². The number of nitrogens with zero attached hydrogens (tertiary/aromatic N) is 2. The molecule has 5 nitrogen and oxygen atoms in total. The molecule has 0 aliphatic heterocycles. The van der Waals surface area contributed by atoms with Crippen LogP contribution in [-0.2, 0) is 0 Å². The van der Waals surface area contributed by atoms with Gasteiger partial charge in [0, 0.05) is 0 Å². The van der Waals surface area contributed by atoms with Gasteiger partial charge in [0.2, 0.25) is 0 Å². The number of amides is 1. The van der Waals surface area contributed by atoms with E-state index >= 15 is 0 Å². The van der Waals surface area contributed by atoms with Crippen LogP contribution in [0.2, 0.25) is 0 Å². The molecule has 1 aromatic carbocycles. The van der Waals surface area contributed by atoms with Gasteiger partial charge in [-0.3, -0.25) is 0 Å². The molecule has 5 heteroatoms. The third kappa shape index (κ3) is 2.24. The number of carboxylic acid groups (broad SMARTS) is 1. The normalized spacial score (nSPS) is 22.9. The Balaban J connectivity index is 2.03. The number of carbonyl (C=O) groups is 1. The average Bonchev–Trinajstić information content (AvgIpc) is 2.75. The number of benzene rings is 1. The van der Waals surface area contributed by atoms with Crippen molar-refractivity contribution in [2.45, 2.75) is 44.7 Å². The highest BCUT2D eigenvalue weighted by Gasteiger charge is 2.29. The van der Waals surface area contributed by atoms with Gasteiger partial charge in [0.25, 0.3) is 0 Å². The van der Waals surface area contributed by atoms with E-state index in [1.165, 1.54) is 0 Å². The number of imidazole rings is 1. The molecule has 0 unspecified atom stereocenters. The minimum Gasteiger partial charge on any atom is -0.465 e. The second kappa shape index (κ2) is 5.15. The summed E-state index contributed by atoms with van der Waals surface area (Å²) in [5.41, 5.74) is 2.07. The molecule has 0 bridgehead atoms. The van der Waals surface area contributed by atoms with E-state index < -0.39 is 6.09 Å². The highest BCUT2D eigenvalue weighted by Crippen LogP contribution is 2.32. The van der Waals surface area contributed by atoms with Crippen LogP contribution in [0.15, 0.2) is 24.3 Å². The molecular weight excluding hydrogens is 254 g/mol. The standard InChI is InChI=1S/C15H19N3O2/c1-10-16-11-6-2-4-8-13(11)18(10)14-9-5-3-7-12(14)17-15(19)20/h2,4,6,8,12,14,17H,3,5,7,9H2,1H3,(H,19,20)/t12-,14-/m1/s1. The number of para-hydroxylation sites is 2. The van der Waals surface area contributed by atoms with E-state index in [2.05, 4.69) is 20.9 Å². The van der Waals surface area contributed by atoms with Crippen LogP contribution in [0.3, 0.4) is 0 Å². The summed E-state index contributed by atoms with van der Waals surface area (Å²) in [7, 11) is 0. The first-order valence-electron chi connectivity index (χ1n) is 7.10. The summed E-state index contributed by atoms with van der Waals surface area (Å²) in [6, 6.07) is 8.17. The molecule has 1 heterocycles. The Morgan fingerprint density at radius 2 is 2.10 bits per heavy atom. The van der Waals surface area contributed by atoms with Crippen LogP contribution in [0, 0.1) is 6.92 Å². The van der Waals surface area contributed by atoms with Gasteiger partial charge in [-0.1, -0.05) is 25.0 Å². The first-order valence-corrected chi connectivity index (χ1v) is 7.10. The first-order chi connectivity index (χ1) is 9.66. The SMILES string of the molecule is Cc1nc2ccccc2n1[C@@H]1CCCC[C@H]1NC(=O)O. The molecule has 3 rings (SSSR count). The lowest BCUT2D eigenvalue weighted by molar-refractivity contribution is 0.176. The predicted molar refractivity (Wildman–Crippen MR) is 76.9 cm³/mol. The molecule has 0 radical (unpaired) electrons. The average molecular weight is 273 g/mol. The molecule has 2 atom stereocenters. The molecule has 1 fully saturated rings. The smallest absolute Gasteiger partial charge is 0.404 e. The van der Waals surface area contributed by atoms with Gasteiger partial charge in [0.1, 0.15) is 5.82 Å². The third-order valence-corrected chi connectivity index (χ3v) is 4.14. The van der Waals surface area contributed by atoms with E-state index in [-0.39, 0.29) is 12.1 Å². The third-order valence-electron chi connectivity index (χ3n) is 4.14. The van der Waals surface area contributed by atoms with E-state index in [4.69, 9.17) is 5.11 Å². The number of aryl methyl sites for hydroxylation is 1. The predicted octanol–water partition coefficient (Wildman–Crippen LogP) is 3.10. The summed E-state index contributed by atoms with van der Waals surface area (Å²) in [6.07, 6.45) is 3.15. The maximum Gasteiger partial charge on any atom is 0.404 e. The fourth-order valence-corrected chi connectivity index (χ4v) is 3.33. The second-order valence-corrected chi connectivity index (χ2v) is 5.43. The largest absolute Gasteiger partial charge is 0.465 e. The molecule has 0 spiro atoms. The van der Waals surface area contributed by atoms with Crippen molar-refractivity contribution in [2.75, 3.05) is 0 Å². The minimum atomic E-state index is -0.941. The van der Waals surface area contributed by atoms with Crippen molar-refractivity contribution in [3.05, 3.63) is 30.1 Å². The molecule has 1 aliphatic carbocycles. The van der Waals surface area contributed by atoms with E-state index in [0.717, 1.165) is 42.5 Å². The van der Waals surface area contributed by atoms with Crippen LogP contribution in [0.25, 0.3) is 11.0 Å². The Morgan fingerprint density at radius 3 is 2.90 bits per heavy atom. The number of fused-ring (bicyclic) bond motifs is 1. The summed E-state index contributed by atoms with van der Waals surface area (Å²) in [5, 5.41) is 11.7. The quantitative estimate of drug-likeness (QED) is 0.883. The fraction of sp³-hybridized carbons (Fsp3) is 0.467. The molecule has 0 saturated heterocycles. The van der Waals surface area contributed by atoms with Crippen molar-refractivity contribution in [3.63, 3.8) is 0 Å². The van der Waals surface area contributed by atoms with Gasteiger partial charge < -0.3 is 15.0 Å². The molecule has 1 aliphatic rings. The van der Waals surface area contributed by atoms with Crippen LogP contribution in [0.1, 0.15) is 37.5 Å². The zero-order chi connectivity index (χ0) is 14.1. The maximum atomic E-state index is 11.0. The summed E-state index contributed by atoms with van der Waals surface area (Å²) < 4.78 is 2.20. The van der Waals surface area contributed by atoms with E-state index in [9.17, 15) is 4.79 Å². The van der Waals surface area contributed by atoms with Crippen LogP contribution < -0.4 is 5.32 Å². The Kier molecular flexibility index (Phi) is 3.34. The molecule has 2 aromatic rings. The van der Waals surface area contributed by atoms with E-state index in [1.807, 2.05) is 25.1 Å². The fourth-order valence-electron chi connectivity index (χ4n) is 3.33. The zero-order valence-corrected chi connectivity index (χ0v) is 11.5. The molecule has 2 N–H and O–H groups in total.